The Morgan fingerprint density at radius 2 is 2.12 bits per heavy atom. The third-order valence-electron chi connectivity index (χ3n) is 1.89. The second kappa shape index (κ2) is 7.07. The molecule has 0 aliphatic heterocycles. The number of tetrazole rings is 1. The Balaban J connectivity index is 0.000000239. The molecule has 0 spiro atoms. The van der Waals surface area contributed by atoms with Gasteiger partial charge in [0.15, 0.2) is 6.33 Å². The predicted octanol–water partition coefficient (Wildman–Crippen LogP) is -0.159. The van der Waals surface area contributed by atoms with E-state index in [-0.39, 0.29) is 0 Å². The average molecular weight is 235 g/mol. The molecule has 1 unspecified atom stereocenters. The van der Waals surface area contributed by atoms with Crippen LogP contribution in [-0.2, 0) is 11.2 Å². The van der Waals surface area contributed by atoms with Crippen molar-refractivity contribution in [1.29, 1.82) is 0 Å². The summed E-state index contributed by atoms with van der Waals surface area (Å²) in [5, 5.41) is 20.7. The molecule has 1 aromatic carbocycles. The zero-order valence-corrected chi connectivity index (χ0v) is 9.02. The van der Waals surface area contributed by atoms with Crippen molar-refractivity contribution in [2.75, 3.05) is 0 Å². The van der Waals surface area contributed by atoms with Gasteiger partial charge in [0.1, 0.15) is 6.04 Å². The van der Waals surface area contributed by atoms with Crippen LogP contribution in [0.4, 0.5) is 0 Å². The van der Waals surface area contributed by atoms with Gasteiger partial charge in [-0.1, -0.05) is 35.5 Å². The number of H-pyrrole nitrogens is 1. The third-order valence-corrected chi connectivity index (χ3v) is 1.89. The molecule has 2 aromatic rings. The molecule has 0 aliphatic rings. The van der Waals surface area contributed by atoms with E-state index >= 15 is 0 Å². The van der Waals surface area contributed by atoms with Crippen molar-refractivity contribution in [3.63, 3.8) is 0 Å². The Morgan fingerprint density at radius 3 is 2.53 bits per heavy atom. The van der Waals surface area contributed by atoms with Gasteiger partial charge in [-0.05, 0) is 12.0 Å². The zero-order valence-electron chi connectivity index (χ0n) is 9.02. The highest BCUT2D eigenvalue weighted by Gasteiger charge is 2.10. The van der Waals surface area contributed by atoms with Crippen molar-refractivity contribution in [3.05, 3.63) is 42.2 Å². The molecule has 0 bridgehead atoms. The number of carboxylic acid groups (broad SMARTS) is 1. The summed E-state index contributed by atoms with van der Waals surface area (Å²) < 4.78 is 0. The minimum Gasteiger partial charge on any atom is -0.480 e. The van der Waals surface area contributed by atoms with Crippen LogP contribution < -0.4 is 5.73 Å². The van der Waals surface area contributed by atoms with Gasteiger partial charge in [-0.3, -0.25) is 4.79 Å². The van der Waals surface area contributed by atoms with Gasteiger partial charge >= 0.3 is 5.97 Å². The van der Waals surface area contributed by atoms with E-state index in [9.17, 15) is 4.79 Å². The fraction of sp³-hybridized carbons (Fsp3) is 0.200. The first-order valence-electron chi connectivity index (χ1n) is 4.89. The Bertz CT molecular complexity index is 400. The van der Waals surface area contributed by atoms with Crippen molar-refractivity contribution in [3.8, 4) is 0 Å². The van der Waals surface area contributed by atoms with Gasteiger partial charge in [-0.2, -0.15) is 5.21 Å². The lowest BCUT2D eigenvalue weighted by Gasteiger charge is -2.04. The third kappa shape index (κ3) is 5.38. The van der Waals surface area contributed by atoms with Gasteiger partial charge in [0, 0.05) is 0 Å². The van der Waals surface area contributed by atoms with Gasteiger partial charge < -0.3 is 10.8 Å². The molecule has 0 fully saturated rings. The zero-order chi connectivity index (χ0) is 12.5. The second-order valence-electron chi connectivity index (χ2n) is 3.19. The molecule has 90 valence electrons. The summed E-state index contributed by atoms with van der Waals surface area (Å²) in [4.78, 5) is 10.4. The maximum absolute atomic E-state index is 10.4. The molecule has 0 saturated heterocycles. The van der Waals surface area contributed by atoms with E-state index in [1.165, 1.54) is 6.33 Å². The Labute approximate surface area is 97.7 Å². The maximum Gasteiger partial charge on any atom is 0.320 e. The van der Waals surface area contributed by atoms with E-state index in [0.29, 0.717) is 6.42 Å². The fourth-order valence-electron chi connectivity index (χ4n) is 1.08. The lowest BCUT2D eigenvalue weighted by Crippen LogP contribution is -2.32. The molecule has 1 atom stereocenters. The highest BCUT2D eigenvalue weighted by atomic mass is 16.4. The standard InChI is InChI=1S/C9H11NO2.CH2N4/c10-8(9(11)12)6-7-4-2-1-3-5-7;1-2-4-5-3-1/h1-5,8H,6,10H2,(H,11,12);1H,(H,2,3,4,5). The number of aromatic nitrogens is 4. The van der Waals surface area contributed by atoms with E-state index in [4.69, 9.17) is 10.8 Å². The first kappa shape index (κ1) is 12.8. The molecule has 4 N–H and O–H groups in total. The van der Waals surface area contributed by atoms with Crippen LogP contribution in [-0.4, -0.2) is 37.7 Å². The molecule has 0 saturated carbocycles. The molecule has 17 heavy (non-hydrogen) atoms. The topological polar surface area (TPSA) is 118 Å². The van der Waals surface area contributed by atoms with E-state index in [2.05, 4.69) is 20.6 Å². The number of aliphatic carboxylic acids is 1. The molecule has 0 amide bonds. The molecule has 1 aromatic heterocycles. The Morgan fingerprint density at radius 1 is 1.41 bits per heavy atom. The normalized spacial score (nSPS) is 11.1. The van der Waals surface area contributed by atoms with Gasteiger partial charge in [-0.25, -0.2) is 0 Å². The largest absolute Gasteiger partial charge is 0.480 e. The molecule has 7 nitrogen and oxygen atoms in total. The van der Waals surface area contributed by atoms with Crippen LogP contribution in [0.15, 0.2) is 36.7 Å². The van der Waals surface area contributed by atoms with Gasteiger partial charge in [0.25, 0.3) is 0 Å². The smallest absolute Gasteiger partial charge is 0.320 e. The van der Waals surface area contributed by atoms with Gasteiger partial charge in [-0.15, -0.1) is 10.2 Å². The molecular formula is C10H13N5O2. The van der Waals surface area contributed by atoms with E-state index in [1.54, 1.807) is 0 Å². The molecule has 0 radical (unpaired) electrons. The van der Waals surface area contributed by atoms with E-state index in [1.807, 2.05) is 30.3 Å². The SMILES string of the molecule is NC(Cc1ccccc1)C(=O)O.c1nn[nH]n1. The number of nitrogens with one attached hydrogen (secondary N) is 1. The lowest BCUT2D eigenvalue weighted by molar-refractivity contribution is -0.138. The van der Waals surface area contributed by atoms with Crippen LogP contribution in [0.5, 0.6) is 0 Å². The summed E-state index contributed by atoms with van der Waals surface area (Å²) in [5.41, 5.74) is 6.30. The van der Waals surface area contributed by atoms with Crippen molar-refractivity contribution < 1.29 is 9.90 Å². The minimum atomic E-state index is -0.959. The summed E-state index contributed by atoms with van der Waals surface area (Å²) in [5.74, 6) is -0.959. The quantitative estimate of drug-likeness (QED) is 0.680. The number of nitrogens with two attached hydrogens (primary N) is 1. The molecule has 0 aliphatic carbocycles. The highest BCUT2D eigenvalue weighted by Crippen LogP contribution is 2.01. The van der Waals surface area contributed by atoms with Crippen LogP contribution in [0.25, 0.3) is 0 Å². The molecular weight excluding hydrogens is 222 g/mol. The number of benzene rings is 1. The maximum atomic E-state index is 10.4. The number of hydrogen-bond acceptors (Lipinski definition) is 5. The number of rotatable bonds is 3. The van der Waals surface area contributed by atoms with Gasteiger partial charge in [0.05, 0.1) is 0 Å². The minimum absolute atomic E-state index is 0.385. The fourth-order valence-corrected chi connectivity index (χ4v) is 1.08. The number of carbonyl (C=O) groups is 1. The second-order valence-corrected chi connectivity index (χ2v) is 3.19. The summed E-state index contributed by atoms with van der Waals surface area (Å²) >= 11 is 0. The molecule has 7 heteroatoms. The first-order valence-corrected chi connectivity index (χ1v) is 4.89. The van der Waals surface area contributed by atoms with Crippen LogP contribution in [0.3, 0.4) is 0 Å². The van der Waals surface area contributed by atoms with Crippen LogP contribution in [0, 0.1) is 0 Å². The van der Waals surface area contributed by atoms with Gasteiger partial charge in [0.2, 0.25) is 0 Å². The summed E-state index contributed by atoms with van der Waals surface area (Å²) in [6.07, 6.45) is 1.72. The van der Waals surface area contributed by atoms with Crippen LogP contribution in [0.2, 0.25) is 0 Å². The van der Waals surface area contributed by atoms with Crippen molar-refractivity contribution in [1.82, 2.24) is 20.6 Å². The van der Waals surface area contributed by atoms with Crippen molar-refractivity contribution in [2.45, 2.75) is 12.5 Å². The number of carboxylic acids is 1. The molecule has 2 rings (SSSR count). The first-order chi connectivity index (χ1) is 8.20. The number of aromatic amines is 1. The van der Waals surface area contributed by atoms with Crippen LogP contribution >= 0.6 is 0 Å². The number of nitrogens with zero attached hydrogens (tertiary/aromatic N) is 3. The van der Waals surface area contributed by atoms with Crippen molar-refractivity contribution >= 4 is 5.97 Å². The van der Waals surface area contributed by atoms with E-state index < -0.39 is 12.0 Å². The Hall–Kier alpha value is -2.28. The predicted molar refractivity (Wildman–Crippen MR) is 59.9 cm³/mol. The Kier molecular flexibility index (Phi) is 5.32. The average Bonchev–Trinajstić information content (AvgIpc) is 2.89. The van der Waals surface area contributed by atoms with Crippen LogP contribution in [0.1, 0.15) is 5.56 Å². The summed E-state index contributed by atoms with van der Waals surface area (Å²) in [6.45, 7) is 0. The molecule has 1 heterocycles. The van der Waals surface area contributed by atoms with E-state index in [0.717, 1.165) is 5.56 Å². The summed E-state index contributed by atoms with van der Waals surface area (Å²) in [7, 11) is 0. The van der Waals surface area contributed by atoms with Crippen molar-refractivity contribution in [2.24, 2.45) is 5.73 Å². The highest BCUT2D eigenvalue weighted by molar-refractivity contribution is 5.73. The monoisotopic (exact) mass is 235 g/mol. The summed E-state index contributed by atoms with van der Waals surface area (Å²) in [6, 6.07) is 8.54. The lowest BCUT2D eigenvalue weighted by atomic mass is 10.1. The number of hydrogen-bond donors (Lipinski definition) is 3.